The molecule has 20 heavy (non-hydrogen) atoms. The van der Waals surface area contributed by atoms with E-state index in [1.54, 1.807) is 0 Å². The zero-order valence-electron chi connectivity index (χ0n) is 12.9. The number of nitrogens with two attached hydrogens (primary N) is 1. The molecule has 3 N–H and O–H groups in total. The highest BCUT2D eigenvalue weighted by atomic mass is 15.2. The summed E-state index contributed by atoms with van der Waals surface area (Å²) in [5.41, 5.74) is 5.83. The standard InChI is InChI=1S/C18H30N2/c1-2-15-8-10-17(11-9-15)14-18(20-19)13-12-16-6-4-3-5-7-16/h8-11,16,18,20H,2-7,12-14,19H2,1H3. The third kappa shape index (κ3) is 4.92. The second kappa shape index (κ2) is 8.43. The molecule has 0 amide bonds. The van der Waals surface area contributed by atoms with Crippen LogP contribution in [0.4, 0.5) is 0 Å². The van der Waals surface area contributed by atoms with Crippen LogP contribution in [0.5, 0.6) is 0 Å². The molecule has 1 fully saturated rings. The largest absolute Gasteiger partial charge is 0.271 e. The Morgan fingerprint density at radius 2 is 1.75 bits per heavy atom. The van der Waals surface area contributed by atoms with Crippen molar-refractivity contribution in [2.75, 3.05) is 0 Å². The Balaban J connectivity index is 1.78. The van der Waals surface area contributed by atoms with Crippen LogP contribution in [0.15, 0.2) is 24.3 Å². The van der Waals surface area contributed by atoms with Crippen LogP contribution in [-0.2, 0) is 12.8 Å². The van der Waals surface area contributed by atoms with Crippen molar-refractivity contribution in [3.63, 3.8) is 0 Å². The molecule has 0 saturated heterocycles. The molecule has 0 bridgehead atoms. The van der Waals surface area contributed by atoms with Gasteiger partial charge >= 0.3 is 0 Å². The van der Waals surface area contributed by atoms with E-state index in [1.165, 1.54) is 56.1 Å². The third-order valence-electron chi connectivity index (χ3n) is 4.80. The number of rotatable bonds is 7. The minimum absolute atomic E-state index is 0.421. The quantitative estimate of drug-likeness (QED) is 0.583. The molecule has 1 aliphatic carbocycles. The molecule has 1 aromatic rings. The van der Waals surface area contributed by atoms with E-state index in [-0.39, 0.29) is 0 Å². The number of hydrogen-bond donors (Lipinski definition) is 2. The highest BCUT2D eigenvalue weighted by molar-refractivity contribution is 5.23. The summed E-state index contributed by atoms with van der Waals surface area (Å²) in [6, 6.07) is 9.41. The third-order valence-corrected chi connectivity index (χ3v) is 4.80. The highest BCUT2D eigenvalue weighted by Gasteiger charge is 2.16. The Morgan fingerprint density at radius 3 is 2.35 bits per heavy atom. The van der Waals surface area contributed by atoms with Gasteiger partial charge in [0.15, 0.2) is 0 Å². The number of hydrogen-bond acceptors (Lipinski definition) is 2. The average Bonchev–Trinajstić information content (AvgIpc) is 2.53. The maximum absolute atomic E-state index is 5.74. The minimum Gasteiger partial charge on any atom is -0.271 e. The first kappa shape index (κ1) is 15.5. The fourth-order valence-electron chi connectivity index (χ4n) is 3.35. The van der Waals surface area contributed by atoms with Gasteiger partial charge in [0.1, 0.15) is 0 Å². The van der Waals surface area contributed by atoms with Crippen LogP contribution < -0.4 is 11.3 Å². The van der Waals surface area contributed by atoms with Gasteiger partial charge in [0.2, 0.25) is 0 Å². The van der Waals surface area contributed by atoms with Crippen LogP contribution in [0.2, 0.25) is 0 Å². The van der Waals surface area contributed by atoms with E-state index >= 15 is 0 Å². The molecule has 1 saturated carbocycles. The molecule has 0 heterocycles. The molecule has 0 aromatic heterocycles. The van der Waals surface area contributed by atoms with Crippen LogP contribution in [0.3, 0.4) is 0 Å². The molecular formula is C18H30N2. The van der Waals surface area contributed by atoms with Crippen LogP contribution in [0.25, 0.3) is 0 Å². The predicted molar refractivity (Wildman–Crippen MR) is 86.4 cm³/mol. The maximum atomic E-state index is 5.74. The molecule has 1 aromatic carbocycles. The SMILES string of the molecule is CCc1ccc(CC(CCC2CCCCC2)NN)cc1. The molecule has 0 radical (unpaired) electrons. The lowest BCUT2D eigenvalue weighted by atomic mass is 9.84. The van der Waals surface area contributed by atoms with E-state index in [0.717, 1.165) is 18.8 Å². The summed E-state index contributed by atoms with van der Waals surface area (Å²) in [5.74, 6) is 6.69. The topological polar surface area (TPSA) is 38.0 Å². The van der Waals surface area contributed by atoms with Crippen molar-refractivity contribution < 1.29 is 0 Å². The Morgan fingerprint density at radius 1 is 1.10 bits per heavy atom. The molecule has 2 nitrogen and oxygen atoms in total. The molecule has 2 heteroatoms. The van der Waals surface area contributed by atoms with Crippen molar-refractivity contribution >= 4 is 0 Å². The van der Waals surface area contributed by atoms with E-state index in [9.17, 15) is 0 Å². The maximum Gasteiger partial charge on any atom is 0.0251 e. The zero-order valence-corrected chi connectivity index (χ0v) is 12.9. The zero-order chi connectivity index (χ0) is 14.2. The monoisotopic (exact) mass is 274 g/mol. The molecule has 1 unspecified atom stereocenters. The predicted octanol–water partition coefficient (Wildman–Crippen LogP) is 3.98. The van der Waals surface area contributed by atoms with Gasteiger partial charge in [-0.3, -0.25) is 11.3 Å². The van der Waals surface area contributed by atoms with Gasteiger partial charge in [-0.2, -0.15) is 0 Å². The second-order valence-electron chi connectivity index (χ2n) is 6.32. The van der Waals surface area contributed by atoms with E-state index < -0.39 is 0 Å². The van der Waals surface area contributed by atoms with Crippen LogP contribution in [-0.4, -0.2) is 6.04 Å². The van der Waals surface area contributed by atoms with Crippen LogP contribution >= 0.6 is 0 Å². The average molecular weight is 274 g/mol. The van der Waals surface area contributed by atoms with Gasteiger partial charge in [0, 0.05) is 6.04 Å². The van der Waals surface area contributed by atoms with Crippen molar-refractivity contribution in [3.05, 3.63) is 35.4 Å². The van der Waals surface area contributed by atoms with E-state index in [4.69, 9.17) is 5.84 Å². The lowest BCUT2D eigenvalue weighted by molar-refractivity contribution is 0.313. The van der Waals surface area contributed by atoms with Gasteiger partial charge < -0.3 is 0 Å². The second-order valence-corrected chi connectivity index (χ2v) is 6.32. The molecule has 1 atom stereocenters. The Kier molecular flexibility index (Phi) is 6.55. The lowest BCUT2D eigenvalue weighted by Crippen LogP contribution is -2.37. The lowest BCUT2D eigenvalue weighted by Gasteiger charge is -2.24. The van der Waals surface area contributed by atoms with Crippen molar-refractivity contribution in [2.45, 2.75) is 70.8 Å². The normalized spacial score (nSPS) is 18.1. The van der Waals surface area contributed by atoms with Gasteiger partial charge in [0.25, 0.3) is 0 Å². The summed E-state index contributed by atoms with van der Waals surface area (Å²) in [7, 11) is 0. The van der Waals surface area contributed by atoms with Crippen LogP contribution in [0.1, 0.15) is 63.0 Å². The first-order valence-electron chi connectivity index (χ1n) is 8.35. The first-order valence-corrected chi connectivity index (χ1v) is 8.35. The number of hydrazine groups is 1. The molecule has 1 aliphatic rings. The van der Waals surface area contributed by atoms with Crippen molar-refractivity contribution in [3.8, 4) is 0 Å². The molecule has 2 rings (SSSR count). The number of benzene rings is 1. The van der Waals surface area contributed by atoms with Gasteiger partial charge in [-0.05, 0) is 42.7 Å². The summed E-state index contributed by atoms with van der Waals surface area (Å²) < 4.78 is 0. The van der Waals surface area contributed by atoms with E-state index in [1.807, 2.05) is 0 Å². The molecular weight excluding hydrogens is 244 g/mol. The first-order chi connectivity index (χ1) is 9.81. The van der Waals surface area contributed by atoms with E-state index in [0.29, 0.717) is 6.04 Å². The summed E-state index contributed by atoms with van der Waals surface area (Å²) in [6.07, 6.45) is 11.9. The van der Waals surface area contributed by atoms with E-state index in [2.05, 4.69) is 36.6 Å². The fourth-order valence-corrected chi connectivity index (χ4v) is 3.35. The summed E-state index contributed by atoms with van der Waals surface area (Å²) in [5, 5.41) is 0. The van der Waals surface area contributed by atoms with Crippen molar-refractivity contribution in [1.29, 1.82) is 0 Å². The van der Waals surface area contributed by atoms with Gasteiger partial charge in [-0.25, -0.2) is 0 Å². The number of aryl methyl sites for hydroxylation is 1. The summed E-state index contributed by atoms with van der Waals surface area (Å²) >= 11 is 0. The Hall–Kier alpha value is -0.860. The highest BCUT2D eigenvalue weighted by Crippen LogP contribution is 2.28. The smallest absolute Gasteiger partial charge is 0.0251 e. The van der Waals surface area contributed by atoms with Gasteiger partial charge in [0.05, 0.1) is 0 Å². The van der Waals surface area contributed by atoms with Crippen LogP contribution in [0, 0.1) is 5.92 Å². The van der Waals surface area contributed by atoms with Crippen molar-refractivity contribution in [1.82, 2.24) is 5.43 Å². The minimum atomic E-state index is 0.421. The molecule has 112 valence electrons. The Labute approximate surface area is 124 Å². The van der Waals surface area contributed by atoms with Gasteiger partial charge in [-0.15, -0.1) is 0 Å². The summed E-state index contributed by atoms with van der Waals surface area (Å²) in [4.78, 5) is 0. The Bertz CT molecular complexity index is 366. The fraction of sp³-hybridized carbons (Fsp3) is 0.667. The summed E-state index contributed by atoms with van der Waals surface area (Å²) in [6.45, 7) is 2.20. The molecule has 0 aliphatic heterocycles. The van der Waals surface area contributed by atoms with Crippen molar-refractivity contribution in [2.24, 2.45) is 11.8 Å². The van der Waals surface area contributed by atoms with Gasteiger partial charge in [-0.1, -0.05) is 63.3 Å². The molecule has 0 spiro atoms. The number of nitrogens with one attached hydrogen (secondary N) is 1.